The van der Waals surface area contributed by atoms with Crippen LogP contribution in [0, 0.1) is 11.8 Å². The molecule has 0 fully saturated rings. The Morgan fingerprint density at radius 2 is 2.04 bits per heavy atom. The van der Waals surface area contributed by atoms with Crippen molar-refractivity contribution in [2.45, 2.75) is 19.3 Å². The second kappa shape index (κ2) is 6.52. The third-order valence-electron chi connectivity index (χ3n) is 4.76. The van der Waals surface area contributed by atoms with E-state index in [0.29, 0.717) is 40.6 Å². The molecule has 1 aromatic rings. The third kappa shape index (κ3) is 2.58. The number of Topliss-reactive ketones (excluding diaryl/α,β-unsaturated/α-hetero) is 1. The molecular weight excluding hydrogens is 444 g/mol. The van der Waals surface area contributed by atoms with Crippen LogP contribution < -0.4 is 4.74 Å². The molecule has 24 heavy (non-hydrogen) atoms. The maximum Gasteiger partial charge on any atom is 0.309 e. The number of aromatic hydroxyl groups is 1. The number of esters is 1. The van der Waals surface area contributed by atoms with Gasteiger partial charge in [0.2, 0.25) is 0 Å². The van der Waals surface area contributed by atoms with Crippen molar-refractivity contribution < 1.29 is 24.2 Å². The minimum Gasteiger partial charge on any atom is -0.504 e. The molecule has 1 N–H and O–H groups in total. The fourth-order valence-corrected chi connectivity index (χ4v) is 4.87. The summed E-state index contributed by atoms with van der Waals surface area (Å²) in [4.78, 5) is 24.5. The van der Waals surface area contributed by atoms with Crippen molar-refractivity contribution in [2.24, 2.45) is 11.8 Å². The van der Waals surface area contributed by atoms with Crippen LogP contribution in [0.25, 0.3) is 5.57 Å². The minimum atomic E-state index is -0.387. The van der Waals surface area contributed by atoms with Gasteiger partial charge in [0.1, 0.15) is 0 Å². The zero-order chi connectivity index (χ0) is 17.6. The van der Waals surface area contributed by atoms with Gasteiger partial charge in [-0.3, -0.25) is 9.59 Å². The molecular formula is C17H16Br2O5. The number of ether oxygens (including phenoxy) is 2. The van der Waals surface area contributed by atoms with Gasteiger partial charge in [0.05, 0.1) is 24.6 Å². The summed E-state index contributed by atoms with van der Waals surface area (Å²) in [5, 5.41) is 10.7. The first-order valence-electron chi connectivity index (χ1n) is 7.50. The average Bonchev–Trinajstić information content (AvgIpc) is 2.59. The lowest BCUT2D eigenvalue weighted by Crippen LogP contribution is -2.35. The molecule has 2 aliphatic rings. The summed E-state index contributed by atoms with van der Waals surface area (Å²) < 4.78 is 11.3. The second-order valence-corrected chi connectivity index (χ2v) is 7.54. The highest BCUT2D eigenvalue weighted by atomic mass is 79.9. The molecule has 0 aliphatic heterocycles. The van der Waals surface area contributed by atoms with Crippen molar-refractivity contribution in [1.29, 1.82) is 0 Å². The van der Waals surface area contributed by atoms with Crippen LogP contribution in [0.15, 0.2) is 15.0 Å². The molecule has 3 rings (SSSR count). The van der Waals surface area contributed by atoms with Crippen molar-refractivity contribution in [2.75, 3.05) is 14.2 Å². The van der Waals surface area contributed by atoms with E-state index in [-0.39, 0.29) is 29.3 Å². The Hall–Kier alpha value is -1.34. The molecule has 2 atom stereocenters. The van der Waals surface area contributed by atoms with Gasteiger partial charge < -0.3 is 14.6 Å². The first-order valence-corrected chi connectivity index (χ1v) is 9.08. The van der Waals surface area contributed by atoms with Gasteiger partial charge in [-0.05, 0) is 51.9 Å². The molecule has 128 valence electrons. The molecule has 5 nitrogen and oxygen atoms in total. The predicted octanol–water partition coefficient (Wildman–Crippen LogP) is 3.59. The lowest BCUT2D eigenvalue weighted by molar-refractivity contribution is -0.147. The maximum atomic E-state index is 12.3. The monoisotopic (exact) mass is 458 g/mol. The molecule has 0 saturated carbocycles. The van der Waals surface area contributed by atoms with Crippen LogP contribution in [0.5, 0.6) is 11.5 Å². The minimum absolute atomic E-state index is 0.00864. The van der Waals surface area contributed by atoms with E-state index < -0.39 is 0 Å². The Bertz CT molecular complexity index is 769. The van der Waals surface area contributed by atoms with Crippen LogP contribution in [0.2, 0.25) is 0 Å². The normalized spacial score (nSPS) is 22.8. The van der Waals surface area contributed by atoms with E-state index in [1.54, 1.807) is 6.07 Å². The number of ketones is 1. The number of carbonyl (C=O) groups is 2. The molecule has 1 aromatic carbocycles. The number of phenolic OH excluding ortho intramolecular Hbond substituents is 1. The Balaban J connectivity index is 2.32. The average molecular weight is 460 g/mol. The van der Waals surface area contributed by atoms with Crippen LogP contribution in [0.1, 0.15) is 24.0 Å². The molecule has 2 aliphatic carbocycles. The molecule has 7 heteroatoms. The van der Waals surface area contributed by atoms with Crippen LogP contribution >= 0.6 is 31.9 Å². The predicted molar refractivity (Wildman–Crippen MR) is 95.1 cm³/mol. The summed E-state index contributed by atoms with van der Waals surface area (Å²) in [6, 6.07) is 1.67. The highest BCUT2D eigenvalue weighted by Crippen LogP contribution is 2.54. The Labute approximate surface area is 156 Å². The number of fused-ring (bicyclic) bond motifs is 3. The topological polar surface area (TPSA) is 72.8 Å². The number of hydrogen-bond acceptors (Lipinski definition) is 5. The summed E-state index contributed by atoms with van der Waals surface area (Å²) in [6.45, 7) is 0. The van der Waals surface area contributed by atoms with Gasteiger partial charge in [-0.25, -0.2) is 0 Å². The van der Waals surface area contributed by atoms with Gasteiger partial charge in [-0.2, -0.15) is 0 Å². The van der Waals surface area contributed by atoms with Gasteiger partial charge in [0, 0.05) is 16.5 Å². The van der Waals surface area contributed by atoms with Crippen molar-refractivity contribution in [3.05, 3.63) is 26.1 Å². The summed E-state index contributed by atoms with van der Waals surface area (Å²) in [7, 11) is 2.84. The van der Waals surface area contributed by atoms with E-state index in [2.05, 4.69) is 31.9 Å². The Morgan fingerprint density at radius 3 is 2.67 bits per heavy atom. The molecule has 0 heterocycles. The largest absolute Gasteiger partial charge is 0.504 e. The van der Waals surface area contributed by atoms with Crippen LogP contribution in [-0.2, 0) is 20.7 Å². The molecule has 0 aromatic heterocycles. The second-order valence-electron chi connectivity index (χ2n) is 5.89. The fourth-order valence-electron chi connectivity index (χ4n) is 3.61. The lowest BCUT2D eigenvalue weighted by atomic mass is 9.68. The molecule has 0 bridgehead atoms. The maximum absolute atomic E-state index is 12.3. The highest BCUT2D eigenvalue weighted by molar-refractivity contribution is 9.12. The number of hydrogen-bond donors (Lipinski definition) is 1. The molecule has 0 amide bonds. The summed E-state index contributed by atoms with van der Waals surface area (Å²) >= 11 is 6.87. The van der Waals surface area contributed by atoms with Crippen LogP contribution in [-0.4, -0.2) is 31.1 Å². The van der Waals surface area contributed by atoms with E-state index in [9.17, 15) is 14.7 Å². The van der Waals surface area contributed by atoms with Gasteiger partial charge in [-0.1, -0.05) is 15.9 Å². The molecule has 0 spiro atoms. The third-order valence-corrected chi connectivity index (χ3v) is 6.33. The number of methoxy groups -OCH3 is 2. The number of allylic oxidation sites excluding steroid dienone is 2. The SMILES string of the molecule is COC(=O)[C@H]1Cc2c(Br)cc(OC)c(O)c2C2=C(Br)C(=O)CC[C@@H]21. The number of phenols is 1. The quantitative estimate of drug-likeness (QED) is 0.684. The van der Waals surface area contributed by atoms with Gasteiger partial charge in [0.15, 0.2) is 17.3 Å². The molecule has 0 unspecified atom stereocenters. The smallest absolute Gasteiger partial charge is 0.309 e. The number of carbonyl (C=O) groups excluding carboxylic acids is 2. The highest BCUT2D eigenvalue weighted by Gasteiger charge is 2.44. The van der Waals surface area contributed by atoms with Crippen molar-refractivity contribution >= 4 is 49.2 Å². The van der Waals surface area contributed by atoms with Gasteiger partial charge >= 0.3 is 5.97 Å². The first kappa shape index (κ1) is 17.5. The first-order chi connectivity index (χ1) is 11.4. The van der Waals surface area contributed by atoms with E-state index >= 15 is 0 Å². The number of halogens is 2. The van der Waals surface area contributed by atoms with E-state index in [1.165, 1.54) is 14.2 Å². The standard InChI is InChI=1S/C17H16Br2O5/c1-23-12-6-10(18)9-5-8(17(22)24-2)7-3-4-11(20)15(19)13(7)14(9)16(12)21/h6-8,21H,3-5H2,1-2H3/t7-,8+/m1/s1. The van der Waals surface area contributed by atoms with Crippen LogP contribution in [0.4, 0.5) is 0 Å². The van der Waals surface area contributed by atoms with Gasteiger partial charge in [-0.15, -0.1) is 0 Å². The Kier molecular flexibility index (Phi) is 4.75. The van der Waals surface area contributed by atoms with E-state index in [1.807, 2.05) is 0 Å². The summed E-state index contributed by atoms with van der Waals surface area (Å²) in [5.74, 6) is -0.590. The Morgan fingerprint density at radius 1 is 1.33 bits per heavy atom. The summed E-state index contributed by atoms with van der Waals surface area (Å²) in [6.07, 6.45) is 1.35. The lowest BCUT2D eigenvalue weighted by Gasteiger charge is -2.37. The van der Waals surface area contributed by atoms with Crippen molar-refractivity contribution in [3.63, 3.8) is 0 Å². The zero-order valence-electron chi connectivity index (χ0n) is 13.2. The van der Waals surface area contributed by atoms with Gasteiger partial charge in [0.25, 0.3) is 0 Å². The molecule has 0 saturated heterocycles. The zero-order valence-corrected chi connectivity index (χ0v) is 16.4. The van der Waals surface area contributed by atoms with Crippen molar-refractivity contribution in [3.8, 4) is 11.5 Å². The number of rotatable bonds is 2. The number of benzene rings is 1. The van der Waals surface area contributed by atoms with E-state index in [0.717, 1.165) is 10.0 Å². The van der Waals surface area contributed by atoms with Crippen molar-refractivity contribution in [1.82, 2.24) is 0 Å². The fraction of sp³-hybridized carbons (Fsp3) is 0.412. The van der Waals surface area contributed by atoms with E-state index in [4.69, 9.17) is 9.47 Å². The molecule has 0 radical (unpaired) electrons. The van der Waals surface area contributed by atoms with Crippen LogP contribution in [0.3, 0.4) is 0 Å². The summed E-state index contributed by atoms with van der Waals surface area (Å²) in [5.41, 5.74) is 2.02.